The average Bonchev–Trinajstić information content (AvgIpc) is 3.34. The van der Waals surface area contributed by atoms with E-state index >= 15 is 0 Å². The minimum absolute atomic E-state index is 0.00261. The molecule has 1 atom stereocenters. The number of amides is 1. The molecule has 1 aromatic heterocycles. The van der Waals surface area contributed by atoms with Crippen molar-refractivity contribution in [3.8, 4) is 0 Å². The van der Waals surface area contributed by atoms with Crippen molar-refractivity contribution in [2.75, 3.05) is 11.5 Å². The Labute approximate surface area is 198 Å². The quantitative estimate of drug-likeness (QED) is 0.183. The lowest BCUT2D eigenvalue weighted by molar-refractivity contribution is -0.132. The Morgan fingerprint density at radius 2 is 1.88 bits per heavy atom. The minimum atomic E-state index is -1.29. The van der Waals surface area contributed by atoms with Crippen LogP contribution in [0.15, 0.2) is 72.8 Å². The number of aliphatic hydroxyl groups excluding tert-OH is 1. The van der Waals surface area contributed by atoms with Crippen LogP contribution < -0.4 is 4.90 Å². The number of esters is 1. The van der Waals surface area contributed by atoms with Crippen LogP contribution in [-0.2, 0) is 14.3 Å². The number of aliphatic hydroxyl groups is 1. The Bertz CT molecular complexity index is 1330. The maximum atomic E-state index is 14.9. The molecule has 2 aromatic carbocycles. The van der Waals surface area contributed by atoms with E-state index < -0.39 is 35.3 Å². The fraction of sp³-hybridized carbons (Fsp3) is 0.120. The summed E-state index contributed by atoms with van der Waals surface area (Å²) >= 11 is 0.841. The van der Waals surface area contributed by atoms with Gasteiger partial charge >= 0.3 is 11.9 Å². The van der Waals surface area contributed by atoms with Gasteiger partial charge in [-0.1, -0.05) is 72.5 Å². The number of anilines is 1. The third-order valence-electron chi connectivity index (χ3n) is 5.20. The van der Waals surface area contributed by atoms with E-state index in [1.54, 1.807) is 43.3 Å². The summed E-state index contributed by atoms with van der Waals surface area (Å²) in [6.07, 6.45) is 1.41. The summed E-state index contributed by atoms with van der Waals surface area (Å²) in [6, 6.07) is 12.6. The third-order valence-corrected chi connectivity index (χ3v) is 6.34. The van der Waals surface area contributed by atoms with Gasteiger partial charge in [0.2, 0.25) is 0 Å². The van der Waals surface area contributed by atoms with Crippen LogP contribution in [0.4, 0.5) is 9.52 Å². The van der Waals surface area contributed by atoms with Crippen molar-refractivity contribution in [1.82, 2.24) is 4.98 Å². The predicted molar refractivity (Wildman–Crippen MR) is 125 cm³/mol. The van der Waals surface area contributed by atoms with Gasteiger partial charge in [0.05, 0.1) is 11.3 Å². The number of carbonyl (C=O) groups excluding carboxylic acids is 3. The molecule has 172 valence electrons. The van der Waals surface area contributed by atoms with Crippen LogP contribution in [0.25, 0.3) is 5.76 Å². The molecule has 0 aliphatic carbocycles. The lowest BCUT2D eigenvalue weighted by atomic mass is 9.95. The molecule has 0 radical (unpaired) electrons. The van der Waals surface area contributed by atoms with Crippen LogP contribution in [-0.4, -0.2) is 34.4 Å². The molecule has 2 heterocycles. The third kappa shape index (κ3) is 4.01. The van der Waals surface area contributed by atoms with E-state index in [1.807, 2.05) is 0 Å². The number of benzene rings is 2. The number of nitrogens with zero attached hydrogens (tertiary/aromatic N) is 2. The van der Waals surface area contributed by atoms with Gasteiger partial charge in [-0.25, -0.2) is 14.2 Å². The predicted octanol–water partition coefficient (Wildman–Crippen LogP) is 4.56. The number of carbonyl (C=O) groups is 3. The summed E-state index contributed by atoms with van der Waals surface area (Å²) in [7, 11) is 0. The van der Waals surface area contributed by atoms with Gasteiger partial charge in [0.25, 0.3) is 5.78 Å². The molecule has 1 aliphatic heterocycles. The Kier molecular flexibility index (Phi) is 6.38. The molecule has 0 saturated carbocycles. The average molecular weight is 479 g/mol. The molecular formula is C25H19FN2O5S. The first-order valence-electron chi connectivity index (χ1n) is 10.2. The molecule has 4 rings (SSSR count). The fourth-order valence-electron chi connectivity index (χ4n) is 3.65. The van der Waals surface area contributed by atoms with Crippen LogP contribution in [0.1, 0.15) is 32.5 Å². The molecule has 1 amide bonds. The Morgan fingerprint density at radius 1 is 1.21 bits per heavy atom. The van der Waals surface area contributed by atoms with Crippen molar-refractivity contribution in [3.05, 3.63) is 100 Å². The summed E-state index contributed by atoms with van der Waals surface area (Å²) in [6.45, 7) is 5.04. The fourth-order valence-corrected chi connectivity index (χ4v) is 4.63. The second-order valence-electron chi connectivity index (χ2n) is 7.35. The highest BCUT2D eigenvalue weighted by molar-refractivity contribution is 7.17. The van der Waals surface area contributed by atoms with E-state index in [1.165, 1.54) is 24.3 Å². The molecule has 1 saturated heterocycles. The zero-order chi connectivity index (χ0) is 24.4. The molecule has 9 heteroatoms. The first kappa shape index (κ1) is 23.1. The maximum absolute atomic E-state index is 14.9. The lowest BCUT2D eigenvalue weighted by Gasteiger charge is -2.23. The highest BCUT2D eigenvalue weighted by atomic mass is 32.1. The zero-order valence-corrected chi connectivity index (χ0v) is 18.8. The van der Waals surface area contributed by atoms with Crippen molar-refractivity contribution in [2.24, 2.45) is 0 Å². The molecule has 1 unspecified atom stereocenters. The molecule has 34 heavy (non-hydrogen) atoms. The number of hydrogen-bond donors (Lipinski definition) is 1. The van der Waals surface area contributed by atoms with E-state index in [0.717, 1.165) is 16.2 Å². The monoisotopic (exact) mass is 478 g/mol. The largest absolute Gasteiger partial charge is 0.507 e. The van der Waals surface area contributed by atoms with Gasteiger partial charge in [0, 0.05) is 11.1 Å². The summed E-state index contributed by atoms with van der Waals surface area (Å²) < 4.78 is 20.0. The molecule has 0 bridgehead atoms. The van der Waals surface area contributed by atoms with Gasteiger partial charge in [-0.15, -0.1) is 0 Å². The van der Waals surface area contributed by atoms with Gasteiger partial charge in [-0.2, -0.15) is 0 Å². The van der Waals surface area contributed by atoms with Crippen LogP contribution >= 0.6 is 11.3 Å². The SMILES string of the molecule is C=CCOC(=O)c1sc(N2C(=O)C(=O)C(=C(O)c3ccccc3)C2c2ccccc2F)nc1C. The first-order chi connectivity index (χ1) is 16.3. The molecule has 1 fully saturated rings. The van der Waals surface area contributed by atoms with E-state index in [0.29, 0.717) is 5.56 Å². The van der Waals surface area contributed by atoms with Crippen LogP contribution in [0.3, 0.4) is 0 Å². The standard InChI is InChI=1S/C25H19FN2O5S/c1-3-13-33-24(32)22-14(2)27-25(34-22)28-19(16-11-7-8-12-17(16)26)18(21(30)23(28)31)20(29)15-9-5-4-6-10-15/h3-12,19,29H,1,13H2,2H3. The molecule has 3 aromatic rings. The van der Waals surface area contributed by atoms with Crippen LogP contribution in [0.2, 0.25) is 0 Å². The normalized spacial score (nSPS) is 17.1. The Hall–Kier alpha value is -4.11. The number of aromatic nitrogens is 1. The Balaban J connectivity index is 1.90. The smallest absolute Gasteiger partial charge is 0.350 e. The second kappa shape index (κ2) is 9.40. The van der Waals surface area contributed by atoms with Gasteiger partial charge in [0.1, 0.15) is 29.1 Å². The van der Waals surface area contributed by atoms with Crippen molar-refractivity contribution >= 4 is 39.9 Å². The van der Waals surface area contributed by atoms with E-state index in [-0.39, 0.29) is 33.4 Å². The topological polar surface area (TPSA) is 96.8 Å². The highest BCUT2D eigenvalue weighted by Crippen LogP contribution is 2.44. The molecular weight excluding hydrogens is 459 g/mol. The second-order valence-corrected chi connectivity index (χ2v) is 8.33. The number of hydrogen-bond acceptors (Lipinski definition) is 7. The minimum Gasteiger partial charge on any atom is -0.507 e. The van der Waals surface area contributed by atoms with E-state index in [2.05, 4.69) is 11.6 Å². The van der Waals surface area contributed by atoms with Crippen LogP contribution in [0.5, 0.6) is 0 Å². The number of thiazole rings is 1. The summed E-state index contributed by atoms with van der Waals surface area (Å²) in [5, 5.41) is 11.0. The molecule has 1 aliphatic rings. The summed E-state index contributed by atoms with van der Waals surface area (Å²) in [5.41, 5.74) is 0.310. The van der Waals surface area contributed by atoms with E-state index in [4.69, 9.17) is 4.74 Å². The van der Waals surface area contributed by atoms with Crippen LogP contribution in [0, 0.1) is 12.7 Å². The highest BCUT2D eigenvalue weighted by Gasteiger charge is 2.49. The number of ketones is 1. The number of Topliss-reactive ketones (excluding diaryl/α,β-unsaturated/α-hetero) is 1. The van der Waals surface area contributed by atoms with Gasteiger partial charge in [-0.3, -0.25) is 14.5 Å². The van der Waals surface area contributed by atoms with Crippen molar-refractivity contribution in [2.45, 2.75) is 13.0 Å². The van der Waals surface area contributed by atoms with Gasteiger partial charge < -0.3 is 9.84 Å². The van der Waals surface area contributed by atoms with Crippen molar-refractivity contribution in [1.29, 1.82) is 0 Å². The van der Waals surface area contributed by atoms with Gasteiger partial charge in [-0.05, 0) is 13.0 Å². The maximum Gasteiger partial charge on any atom is 0.350 e. The number of rotatable bonds is 6. The number of halogens is 1. The van der Waals surface area contributed by atoms with Crippen molar-refractivity contribution < 1.29 is 28.6 Å². The molecule has 7 nitrogen and oxygen atoms in total. The first-order valence-corrected chi connectivity index (χ1v) is 11.0. The Morgan fingerprint density at radius 3 is 2.56 bits per heavy atom. The molecule has 1 N–H and O–H groups in total. The number of aryl methyl sites for hydroxylation is 1. The summed E-state index contributed by atoms with van der Waals surface area (Å²) in [4.78, 5) is 44.1. The number of ether oxygens (including phenoxy) is 1. The zero-order valence-electron chi connectivity index (χ0n) is 18.0. The molecule has 0 spiro atoms. The van der Waals surface area contributed by atoms with Crippen molar-refractivity contribution in [3.63, 3.8) is 0 Å². The lowest BCUT2D eigenvalue weighted by Crippen LogP contribution is -2.29. The summed E-state index contributed by atoms with van der Waals surface area (Å²) in [5.74, 6) is -3.75. The van der Waals surface area contributed by atoms with Gasteiger partial charge in [0.15, 0.2) is 5.13 Å². The van der Waals surface area contributed by atoms with E-state index in [9.17, 15) is 23.9 Å².